The zero-order chi connectivity index (χ0) is 13.1. The Labute approximate surface area is 102 Å². The highest BCUT2D eigenvalue weighted by atomic mass is 19.3. The molecule has 92 valence electrons. The fourth-order valence-corrected chi connectivity index (χ4v) is 1.75. The van der Waals surface area contributed by atoms with Crippen molar-refractivity contribution in [3.63, 3.8) is 0 Å². The third-order valence-corrected chi connectivity index (χ3v) is 2.58. The number of halogens is 3. The minimum Gasteiger partial charge on any atom is -0.298 e. The third-order valence-electron chi connectivity index (χ3n) is 2.58. The van der Waals surface area contributed by atoms with Crippen molar-refractivity contribution < 1.29 is 18.0 Å². The van der Waals surface area contributed by atoms with Gasteiger partial charge in [-0.1, -0.05) is 18.2 Å². The smallest absolute Gasteiger partial charge is 0.264 e. The molecule has 0 aliphatic carbocycles. The molecule has 0 aliphatic heterocycles. The molecule has 2 aromatic carbocycles. The van der Waals surface area contributed by atoms with Crippen LogP contribution in [0.5, 0.6) is 0 Å². The Kier molecular flexibility index (Phi) is 3.46. The van der Waals surface area contributed by atoms with Gasteiger partial charge in [-0.15, -0.1) is 0 Å². The number of hydrogen-bond donors (Lipinski definition) is 0. The summed E-state index contributed by atoms with van der Waals surface area (Å²) in [4.78, 5) is 10.7. The molecule has 0 atom stereocenters. The summed E-state index contributed by atoms with van der Waals surface area (Å²) >= 11 is 0. The van der Waals surface area contributed by atoms with E-state index in [0.29, 0.717) is 17.4 Å². The van der Waals surface area contributed by atoms with E-state index in [2.05, 4.69) is 0 Å². The molecule has 0 unspecified atom stereocenters. The van der Waals surface area contributed by atoms with E-state index in [1.54, 1.807) is 18.2 Å². The van der Waals surface area contributed by atoms with Gasteiger partial charge in [0.1, 0.15) is 12.1 Å². The monoisotopic (exact) mass is 250 g/mol. The quantitative estimate of drug-likeness (QED) is 0.744. The maximum atomic E-state index is 13.2. The predicted octanol–water partition coefficient (Wildman–Crippen LogP) is 4.24. The zero-order valence-electron chi connectivity index (χ0n) is 9.24. The molecule has 0 saturated heterocycles. The van der Waals surface area contributed by atoms with Gasteiger partial charge in [-0.3, -0.25) is 4.79 Å². The van der Waals surface area contributed by atoms with Gasteiger partial charge in [0.15, 0.2) is 0 Å². The first-order valence-corrected chi connectivity index (χ1v) is 5.25. The maximum absolute atomic E-state index is 13.2. The number of rotatable bonds is 3. The van der Waals surface area contributed by atoms with E-state index in [-0.39, 0.29) is 11.1 Å². The highest BCUT2D eigenvalue weighted by Crippen LogP contribution is 2.31. The second kappa shape index (κ2) is 5.04. The lowest BCUT2D eigenvalue weighted by Crippen LogP contribution is -1.92. The number of carbonyl (C=O) groups excluding carboxylic acids is 1. The summed E-state index contributed by atoms with van der Waals surface area (Å²) in [7, 11) is 0. The first-order chi connectivity index (χ1) is 8.61. The van der Waals surface area contributed by atoms with Crippen LogP contribution in [0.1, 0.15) is 22.3 Å². The van der Waals surface area contributed by atoms with Crippen molar-refractivity contribution in [1.82, 2.24) is 0 Å². The van der Waals surface area contributed by atoms with Crippen molar-refractivity contribution in [3.8, 4) is 11.1 Å². The lowest BCUT2D eigenvalue weighted by atomic mass is 9.98. The molecule has 0 amide bonds. The van der Waals surface area contributed by atoms with Crippen LogP contribution in [0.25, 0.3) is 11.1 Å². The van der Waals surface area contributed by atoms with Crippen LogP contribution < -0.4 is 0 Å². The van der Waals surface area contributed by atoms with Gasteiger partial charge in [-0.05, 0) is 35.4 Å². The number of carbonyl (C=O) groups is 1. The SMILES string of the molecule is O=Cc1cccc(-c2cc(F)ccc2C(F)F)c1. The summed E-state index contributed by atoms with van der Waals surface area (Å²) in [6.45, 7) is 0. The van der Waals surface area contributed by atoms with E-state index in [4.69, 9.17) is 0 Å². The summed E-state index contributed by atoms with van der Waals surface area (Å²) in [5.74, 6) is -0.592. The molecule has 0 aliphatic rings. The first-order valence-electron chi connectivity index (χ1n) is 5.25. The average Bonchev–Trinajstić information content (AvgIpc) is 2.38. The van der Waals surface area contributed by atoms with Crippen LogP contribution in [-0.2, 0) is 0 Å². The number of alkyl halides is 2. The Morgan fingerprint density at radius 2 is 1.83 bits per heavy atom. The molecule has 0 spiro atoms. The van der Waals surface area contributed by atoms with Crippen LogP contribution in [0.2, 0.25) is 0 Å². The number of benzene rings is 2. The summed E-state index contributed by atoms with van der Waals surface area (Å²) in [6.07, 6.45) is -2.08. The Hall–Kier alpha value is -2.10. The van der Waals surface area contributed by atoms with Crippen molar-refractivity contribution >= 4 is 6.29 Å². The summed E-state index contributed by atoms with van der Waals surface area (Å²) in [5.41, 5.74) is 0.611. The predicted molar refractivity (Wildman–Crippen MR) is 62.2 cm³/mol. The van der Waals surface area contributed by atoms with Crippen LogP contribution in [0, 0.1) is 5.82 Å². The van der Waals surface area contributed by atoms with E-state index >= 15 is 0 Å². The Morgan fingerprint density at radius 3 is 2.50 bits per heavy atom. The molecule has 0 saturated carbocycles. The Bertz CT molecular complexity index is 579. The minimum atomic E-state index is -2.69. The second-order valence-corrected chi connectivity index (χ2v) is 3.78. The highest BCUT2D eigenvalue weighted by Gasteiger charge is 2.15. The molecular weight excluding hydrogens is 241 g/mol. The van der Waals surface area contributed by atoms with Crippen LogP contribution >= 0.6 is 0 Å². The van der Waals surface area contributed by atoms with Crippen molar-refractivity contribution in [3.05, 3.63) is 59.4 Å². The molecule has 1 nitrogen and oxygen atoms in total. The molecule has 18 heavy (non-hydrogen) atoms. The van der Waals surface area contributed by atoms with Crippen molar-refractivity contribution in [1.29, 1.82) is 0 Å². The van der Waals surface area contributed by atoms with Gasteiger partial charge < -0.3 is 0 Å². The topological polar surface area (TPSA) is 17.1 Å². The molecule has 0 fully saturated rings. The fraction of sp³-hybridized carbons (Fsp3) is 0.0714. The summed E-state index contributed by atoms with van der Waals surface area (Å²) < 4.78 is 38.8. The van der Waals surface area contributed by atoms with Gasteiger partial charge in [0.2, 0.25) is 0 Å². The van der Waals surface area contributed by atoms with Crippen LogP contribution in [0.15, 0.2) is 42.5 Å². The summed E-state index contributed by atoms with van der Waals surface area (Å²) in [5, 5.41) is 0. The van der Waals surface area contributed by atoms with Gasteiger partial charge in [0.25, 0.3) is 6.43 Å². The fourth-order valence-electron chi connectivity index (χ4n) is 1.75. The molecule has 0 N–H and O–H groups in total. The molecule has 0 aromatic heterocycles. The van der Waals surface area contributed by atoms with Crippen molar-refractivity contribution in [2.45, 2.75) is 6.43 Å². The standard InChI is InChI=1S/C14H9F3O/c15-11-4-5-12(14(16)17)13(7-11)10-3-1-2-9(6-10)8-18/h1-8,14H. The van der Waals surface area contributed by atoms with Crippen LogP contribution in [0.3, 0.4) is 0 Å². The largest absolute Gasteiger partial charge is 0.298 e. The minimum absolute atomic E-state index is 0.105. The zero-order valence-corrected chi connectivity index (χ0v) is 9.24. The molecule has 0 bridgehead atoms. The molecular formula is C14H9F3O. The Balaban J connectivity index is 2.61. The third kappa shape index (κ3) is 2.42. The molecule has 4 heteroatoms. The van der Waals surface area contributed by atoms with Gasteiger partial charge in [-0.2, -0.15) is 0 Å². The maximum Gasteiger partial charge on any atom is 0.264 e. The van der Waals surface area contributed by atoms with Crippen LogP contribution in [0.4, 0.5) is 13.2 Å². The van der Waals surface area contributed by atoms with Gasteiger partial charge >= 0.3 is 0 Å². The van der Waals surface area contributed by atoms with E-state index in [0.717, 1.165) is 18.2 Å². The second-order valence-electron chi connectivity index (χ2n) is 3.78. The molecule has 0 heterocycles. The number of hydrogen-bond acceptors (Lipinski definition) is 1. The molecule has 2 aromatic rings. The first kappa shape index (κ1) is 12.4. The van der Waals surface area contributed by atoms with Crippen LogP contribution in [-0.4, -0.2) is 6.29 Å². The van der Waals surface area contributed by atoms with Gasteiger partial charge in [0.05, 0.1) is 0 Å². The van der Waals surface area contributed by atoms with E-state index in [1.165, 1.54) is 6.07 Å². The van der Waals surface area contributed by atoms with E-state index in [1.807, 2.05) is 0 Å². The van der Waals surface area contributed by atoms with Crippen molar-refractivity contribution in [2.75, 3.05) is 0 Å². The molecule has 2 rings (SSSR count). The molecule has 0 radical (unpaired) electrons. The van der Waals surface area contributed by atoms with E-state index < -0.39 is 12.2 Å². The highest BCUT2D eigenvalue weighted by molar-refractivity contribution is 5.79. The normalized spacial score (nSPS) is 10.7. The average molecular weight is 250 g/mol. The lowest BCUT2D eigenvalue weighted by molar-refractivity contribution is 0.112. The lowest BCUT2D eigenvalue weighted by Gasteiger charge is -2.09. The number of aldehydes is 1. The van der Waals surface area contributed by atoms with Gasteiger partial charge in [0, 0.05) is 11.1 Å². The van der Waals surface area contributed by atoms with Gasteiger partial charge in [-0.25, -0.2) is 13.2 Å². The van der Waals surface area contributed by atoms with E-state index in [9.17, 15) is 18.0 Å². The Morgan fingerprint density at radius 1 is 1.06 bits per heavy atom. The van der Waals surface area contributed by atoms with Crippen molar-refractivity contribution in [2.24, 2.45) is 0 Å². The summed E-state index contributed by atoms with van der Waals surface area (Å²) in [6, 6.07) is 9.24.